The highest BCUT2D eigenvalue weighted by Gasteiger charge is 2.29. The van der Waals surface area contributed by atoms with Gasteiger partial charge >= 0.3 is 0 Å². The van der Waals surface area contributed by atoms with Gasteiger partial charge in [0.25, 0.3) is 5.91 Å². The Labute approximate surface area is 195 Å². The summed E-state index contributed by atoms with van der Waals surface area (Å²) >= 11 is 0. The monoisotopic (exact) mass is 493 g/mol. The lowest BCUT2D eigenvalue weighted by molar-refractivity contribution is 0.0729. The summed E-state index contributed by atoms with van der Waals surface area (Å²) in [7, 11) is 0.353. The molecule has 0 aliphatic carbocycles. The number of hydrogen-bond acceptors (Lipinski definition) is 7. The Balaban J connectivity index is 1.66. The Morgan fingerprint density at radius 3 is 2.41 bits per heavy atom. The van der Waals surface area contributed by atoms with Crippen LogP contribution in [-0.4, -0.2) is 71.2 Å². The maximum atomic E-state index is 14.5. The van der Waals surface area contributed by atoms with E-state index in [2.05, 4.69) is 10.3 Å². The van der Waals surface area contributed by atoms with Crippen LogP contribution in [0.2, 0.25) is 0 Å². The van der Waals surface area contributed by atoms with Crippen molar-refractivity contribution in [1.29, 1.82) is 0 Å². The number of sulfonamides is 1. The molecule has 0 bridgehead atoms. The van der Waals surface area contributed by atoms with Gasteiger partial charge in [0.05, 0.1) is 40.1 Å². The van der Waals surface area contributed by atoms with E-state index in [1.165, 1.54) is 27.4 Å². The molecule has 1 aromatic heterocycles. The molecule has 1 saturated heterocycles. The number of benzene rings is 2. The topological polar surface area (TPSA) is 119 Å². The van der Waals surface area contributed by atoms with Gasteiger partial charge in [-0.1, -0.05) is 0 Å². The zero-order valence-corrected chi connectivity index (χ0v) is 19.6. The number of rotatable bonds is 7. The highest BCUT2D eigenvalue weighted by atomic mass is 32.2. The zero-order valence-electron chi connectivity index (χ0n) is 18.8. The molecule has 2 aromatic carbocycles. The van der Waals surface area contributed by atoms with Crippen LogP contribution in [0.1, 0.15) is 10.5 Å². The van der Waals surface area contributed by atoms with Crippen molar-refractivity contribution in [2.75, 3.05) is 52.9 Å². The second-order valence-electron chi connectivity index (χ2n) is 7.40. The normalized spacial score (nSPS) is 14.7. The SMILES string of the molecule is COc1cc(OC)c2cc(C(=O)Nc3ccc(F)c(S(=O)(=O)N4CCOCC4)c3)[nH]c2c1OC. The molecular weight excluding hydrogens is 469 g/mol. The van der Waals surface area contributed by atoms with Crippen molar-refractivity contribution >= 4 is 32.5 Å². The molecular formula is C22H24FN3O7S. The lowest BCUT2D eigenvalue weighted by atomic mass is 10.2. The minimum absolute atomic E-state index is 0.119. The summed E-state index contributed by atoms with van der Waals surface area (Å²) in [5.41, 5.74) is 0.758. The molecule has 1 aliphatic heterocycles. The average molecular weight is 494 g/mol. The first-order chi connectivity index (χ1) is 16.3. The van der Waals surface area contributed by atoms with Crippen molar-refractivity contribution in [2.24, 2.45) is 0 Å². The van der Waals surface area contributed by atoms with E-state index in [-0.39, 0.29) is 37.7 Å². The molecule has 10 nitrogen and oxygen atoms in total. The molecule has 1 aliphatic rings. The molecule has 2 heterocycles. The molecule has 1 amide bonds. The molecule has 3 aromatic rings. The van der Waals surface area contributed by atoms with E-state index in [0.717, 1.165) is 16.4 Å². The van der Waals surface area contributed by atoms with Gasteiger partial charge in [0.2, 0.25) is 10.0 Å². The number of aromatic nitrogens is 1. The van der Waals surface area contributed by atoms with Gasteiger partial charge in [-0.3, -0.25) is 4.79 Å². The van der Waals surface area contributed by atoms with Gasteiger partial charge in [-0.15, -0.1) is 0 Å². The van der Waals surface area contributed by atoms with Gasteiger partial charge in [-0.05, 0) is 24.3 Å². The van der Waals surface area contributed by atoms with Gasteiger partial charge in [-0.25, -0.2) is 12.8 Å². The Kier molecular flexibility index (Phi) is 6.64. The van der Waals surface area contributed by atoms with E-state index in [4.69, 9.17) is 18.9 Å². The Morgan fingerprint density at radius 1 is 1.06 bits per heavy atom. The average Bonchev–Trinajstić information content (AvgIpc) is 3.30. The van der Waals surface area contributed by atoms with Gasteiger partial charge in [-0.2, -0.15) is 4.31 Å². The number of fused-ring (bicyclic) bond motifs is 1. The molecule has 0 saturated carbocycles. The van der Waals surface area contributed by atoms with E-state index < -0.39 is 26.6 Å². The number of morpholine rings is 1. The number of nitrogens with zero attached hydrogens (tertiary/aromatic N) is 1. The number of hydrogen-bond donors (Lipinski definition) is 2. The number of H-pyrrole nitrogens is 1. The second kappa shape index (κ2) is 9.49. The largest absolute Gasteiger partial charge is 0.496 e. The zero-order chi connectivity index (χ0) is 24.5. The predicted molar refractivity (Wildman–Crippen MR) is 122 cm³/mol. The molecule has 0 spiro atoms. The number of carbonyl (C=O) groups is 1. The molecule has 1 fully saturated rings. The van der Waals surface area contributed by atoms with Gasteiger partial charge in [0.15, 0.2) is 11.5 Å². The minimum atomic E-state index is -4.09. The third-order valence-electron chi connectivity index (χ3n) is 5.46. The molecule has 2 N–H and O–H groups in total. The fourth-order valence-corrected chi connectivity index (χ4v) is 5.26. The standard InChI is InChI=1S/C22H24FN3O7S/c1-30-17-12-18(31-2)21(32-3)20-14(17)11-16(25-20)22(27)24-13-4-5-15(23)19(10-13)34(28,29)26-6-8-33-9-7-26/h4-5,10-12,25H,6-9H2,1-3H3,(H,24,27). The maximum Gasteiger partial charge on any atom is 0.272 e. The first-order valence-electron chi connectivity index (χ1n) is 10.3. The van der Waals surface area contributed by atoms with Crippen LogP contribution in [0.25, 0.3) is 10.9 Å². The fraction of sp³-hybridized carbons (Fsp3) is 0.318. The van der Waals surface area contributed by atoms with E-state index in [9.17, 15) is 17.6 Å². The highest BCUT2D eigenvalue weighted by Crippen LogP contribution is 2.41. The third-order valence-corrected chi connectivity index (χ3v) is 7.38. The number of methoxy groups -OCH3 is 3. The summed E-state index contributed by atoms with van der Waals surface area (Å²) in [6.07, 6.45) is 0. The minimum Gasteiger partial charge on any atom is -0.496 e. The Bertz CT molecular complexity index is 1330. The lowest BCUT2D eigenvalue weighted by Gasteiger charge is -2.26. The molecule has 4 rings (SSSR count). The van der Waals surface area contributed by atoms with Crippen molar-refractivity contribution in [2.45, 2.75) is 4.90 Å². The summed E-state index contributed by atoms with van der Waals surface area (Å²) in [6, 6.07) is 6.61. The highest BCUT2D eigenvalue weighted by molar-refractivity contribution is 7.89. The number of ether oxygens (including phenoxy) is 4. The summed E-state index contributed by atoms with van der Waals surface area (Å²) in [5, 5.41) is 3.19. The fourth-order valence-electron chi connectivity index (χ4n) is 3.76. The van der Waals surface area contributed by atoms with Crippen molar-refractivity contribution in [3.8, 4) is 17.2 Å². The molecule has 34 heavy (non-hydrogen) atoms. The molecule has 0 unspecified atom stereocenters. The van der Waals surface area contributed by atoms with Crippen molar-refractivity contribution in [3.63, 3.8) is 0 Å². The van der Waals surface area contributed by atoms with E-state index in [1.54, 1.807) is 12.1 Å². The summed E-state index contributed by atoms with van der Waals surface area (Å²) in [4.78, 5) is 15.4. The van der Waals surface area contributed by atoms with Gasteiger partial charge in [0, 0.05) is 30.2 Å². The van der Waals surface area contributed by atoms with Crippen LogP contribution in [0.3, 0.4) is 0 Å². The van der Waals surface area contributed by atoms with Crippen LogP contribution in [-0.2, 0) is 14.8 Å². The Hall–Kier alpha value is -3.35. The molecule has 0 radical (unpaired) electrons. The number of carbonyl (C=O) groups excluding carboxylic acids is 1. The number of aromatic amines is 1. The van der Waals surface area contributed by atoms with Crippen LogP contribution in [0, 0.1) is 5.82 Å². The summed E-state index contributed by atoms with van der Waals surface area (Å²) in [6.45, 7) is 0.714. The molecule has 0 atom stereocenters. The first kappa shape index (κ1) is 23.8. The maximum absolute atomic E-state index is 14.5. The Morgan fingerprint density at radius 2 is 1.76 bits per heavy atom. The summed E-state index contributed by atoms with van der Waals surface area (Å²) < 4.78 is 62.7. The van der Waals surface area contributed by atoms with E-state index in [0.29, 0.717) is 28.2 Å². The van der Waals surface area contributed by atoms with Crippen LogP contribution in [0.4, 0.5) is 10.1 Å². The molecule has 12 heteroatoms. The number of halogens is 1. The van der Waals surface area contributed by atoms with Gasteiger partial charge < -0.3 is 29.2 Å². The number of anilines is 1. The number of amides is 1. The van der Waals surface area contributed by atoms with Crippen molar-refractivity contribution < 1.29 is 36.6 Å². The van der Waals surface area contributed by atoms with E-state index >= 15 is 0 Å². The summed E-state index contributed by atoms with van der Waals surface area (Å²) in [5.74, 6) is -0.212. The first-order valence-corrected chi connectivity index (χ1v) is 11.7. The smallest absolute Gasteiger partial charge is 0.272 e. The van der Waals surface area contributed by atoms with Crippen LogP contribution >= 0.6 is 0 Å². The van der Waals surface area contributed by atoms with Gasteiger partial charge in [0.1, 0.15) is 22.2 Å². The van der Waals surface area contributed by atoms with Crippen molar-refractivity contribution in [1.82, 2.24) is 9.29 Å². The van der Waals surface area contributed by atoms with E-state index in [1.807, 2.05) is 0 Å². The van der Waals surface area contributed by atoms with Crippen LogP contribution in [0.15, 0.2) is 35.2 Å². The van der Waals surface area contributed by atoms with Crippen LogP contribution < -0.4 is 19.5 Å². The lowest BCUT2D eigenvalue weighted by Crippen LogP contribution is -2.40. The second-order valence-corrected chi connectivity index (χ2v) is 9.31. The predicted octanol–water partition coefficient (Wildman–Crippen LogP) is 2.61. The molecule has 182 valence electrons. The third kappa shape index (κ3) is 4.27. The van der Waals surface area contributed by atoms with Crippen molar-refractivity contribution in [3.05, 3.63) is 41.8 Å². The number of nitrogens with one attached hydrogen (secondary N) is 2. The van der Waals surface area contributed by atoms with Crippen LogP contribution in [0.5, 0.6) is 17.2 Å². The quantitative estimate of drug-likeness (QED) is 0.519.